The number of fused-ring (bicyclic) bond motifs is 3. The number of benzene rings is 1. The van der Waals surface area contributed by atoms with Gasteiger partial charge in [-0.1, -0.05) is 12.2 Å². The zero-order valence-corrected chi connectivity index (χ0v) is 22.0. The van der Waals surface area contributed by atoms with Crippen LogP contribution in [0.3, 0.4) is 0 Å². The van der Waals surface area contributed by atoms with Crippen LogP contribution in [0.25, 0.3) is 22.6 Å². The quantitative estimate of drug-likeness (QED) is 0.403. The Balaban J connectivity index is 1.34. The number of amides is 1. The van der Waals surface area contributed by atoms with Crippen LogP contribution in [-0.4, -0.2) is 72.1 Å². The van der Waals surface area contributed by atoms with Crippen LogP contribution >= 0.6 is 15.9 Å². The van der Waals surface area contributed by atoms with Crippen molar-refractivity contribution in [3.8, 4) is 17.1 Å². The summed E-state index contributed by atoms with van der Waals surface area (Å²) in [5, 5.41) is 3.61. The number of nitrogens with zero attached hydrogens (tertiary/aromatic N) is 4. The summed E-state index contributed by atoms with van der Waals surface area (Å²) in [7, 11) is 3.84. The molecule has 4 N–H and O–H groups in total. The van der Waals surface area contributed by atoms with Crippen molar-refractivity contribution < 1.29 is 9.53 Å². The van der Waals surface area contributed by atoms with Gasteiger partial charge >= 0.3 is 0 Å². The Bertz CT molecular complexity index is 1350. The second-order valence-electron chi connectivity index (χ2n) is 9.99. The molecule has 188 valence electrons. The SMILES string of the molecule is COc1cc(N2CCN(C)CC2)ccc1-c1nc2ncc(Br)c(N[C@H]3[C@@H](C(N)=O)[C@@H]4C=C[C@H]3C4)c2[nH]1. The number of H-pyrrole nitrogens is 1. The highest BCUT2D eigenvalue weighted by Crippen LogP contribution is 2.46. The Kier molecular flexibility index (Phi) is 5.88. The number of primary amides is 1. The summed E-state index contributed by atoms with van der Waals surface area (Å²) < 4.78 is 6.59. The zero-order chi connectivity index (χ0) is 25.0. The lowest BCUT2D eigenvalue weighted by Crippen LogP contribution is -2.44. The molecule has 1 saturated heterocycles. The number of imidazole rings is 1. The number of aromatic amines is 1. The molecule has 0 unspecified atom stereocenters. The van der Waals surface area contributed by atoms with Crippen molar-refractivity contribution >= 4 is 44.4 Å². The van der Waals surface area contributed by atoms with Crippen LogP contribution in [0.4, 0.5) is 11.4 Å². The van der Waals surface area contributed by atoms with Gasteiger partial charge in [0.05, 0.1) is 28.8 Å². The molecule has 1 saturated carbocycles. The molecular weight excluding hydrogens is 522 g/mol. The fourth-order valence-electron chi connectivity index (χ4n) is 5.91. The van der Waals surface area contributed by atoms with Crippen molar-refractivity contribution in [2.75, 3.05) is 50.6 Å². The van der Waals surface area contributed by atoms with Crippen LogP contribution in [0, 0.1) is 17.8 Å². The lowest BCUT2D eigenvalue weighted by Gasteiger charge is -2.34. The molecule has 3 aromatic rings. The summed E-state index contributed by atoms with van der Waals surface area (Å²) in [5.41, 5.74) is 10.0. The van der Waals surface area contributed by atoms with Crippen LogP contribution in [-0.2, 0) is 4.79 Å². The number of pyridine rings is 1. The van der Waals surface area contributed by atoms with Gasteiger partial charge in [-0.15, -0.1) is 0 Å². The highest BCUT2D eigenvalue weighted by Gasteiger charge is 2.47. The van der Waals surface area contributed by atoms with Gasteiger partial charge in [0.25, 0.3) is 0 Å². The van der Waals surface area contributed by atoms with E-state index in [1.165, 1.54) is 0 Å². The minimum absolute atomic E-state index is 0.0662. The summed E-state index contributed by atoms with van der Waals surface area (Å²) in [4.78, 5) is 29.7. The number of halogens is 1. The van der Waals surface area contributed by atoms with Crippen LogP contribution in [0.5, 0.6) is 5.75 Å². The summed E-state index contributed by atoms with van der Waals surface area (Å²) in [6, 6.07) is 6.19. The topological polar surface area (TPSA) is 112 Å². The maximum absolute atomic E-state index is 12.2. The van der Waals surface area contributed by atoms with Crippen LogP contribution in [0.15, 0.2) is 41.0 Å². The van der Waals surface area contributed by atoms with Crippen molar-refractivity contribution in [1.29, 1.82) is 0 Å². The number of nitrogens with one attached hydrogen (secondary N) is 2. The number of hydrogen-bond acceptors (Lipinski definition) is 7. The monoisotopic (exact) mass is 551 g/mol. The van der Waals surface area contributed by atoms with Crippen molar-refractivity contribution in [1.82, 2.24) is 19.9 Å². The molecule has 2 bridgehead atoms. The first-order chi connectivity index (χ1) is 17.4. The van der Waals surface area contributed by atoms with Crippen molar-refractivity contribution in [3.63, 3.8) is 0 Å². The Hall–Kier alpha value is -3.11. The van der Waals surface area contributed by atoms with Gasteiger partial charge in [-0.05, 0) is 53.4 Å². The van der Waals surface area contributed by atoms with Crippen molar-refractivity contribution in [2.24, 2.45) is 23.5 Å². The van der Waals surface area contributed by atoms with Crippen molar-refractivity contribution in [3.05, 3.63) is 41.0 Å². The number of hydrogen-bond donors (Lipinski definition) is 3. The van der Waals surface area contributed by atoms with Gasteiger partial charge in [-0.2, -0.15) is 0 Å². The molecule has 0 spiro atoms. The molecular formula is C26H30BrN7O2. The number of carbonyl (C=O) groups excluding carboxylic acids is 1. The van der Waals surface area contributed by atoms with Gasteiger partial charge in [0, 0.05) is 50.2 Å². The molecule has 4 atom stereocenters. The highest BCUT2D eigenvalue weighted by molar-refractivity contribution is 9.10. The number of ether oxygens (including phenoxy) is 1. The number of likely N-dealkylation sites (N-methyl/N-ethyl adjacent to an activating group) is 1. The number of carbonyl (C=O) groups is 1. The molecule has 2 aromatic heterocycles. The maximum Gasteiger partial charge on any atom is 0.223 e. The Morgan fingerprint density at radius 1 is 1.22 bits per heavy atom. The number of rotatable bonds is 6. The van der Waals surface area contributed by atoms with E-state index in [1.54, 1.807) is 13.3 Å². The molecule has 1 amide bonds. The van der Waals surface area contributed by atoms with E-state index in [0.717, 1.165) is 65.3 Å². The first-order valence-corrected chi connectivity index (χ1v) is 13.1. The number of nitrogens with two attached hydrogens (primary N) is 1. The van der Waals surface area contributed by atoms with Crippen LogP contribution in [0.1, 0.15) is 6.42 Å². The highest BCUT2D eigenvalue weighted by atomic mass is 79.9. The van der Waals surface area contributed by atoms with Gasteiger partial charge < -0.3 is 30.6 Å². The minimum atomic E-state index is -0.263. The summed E-state index contributed by atoms with van der Waals surface area (Å²) in [5.74, 6) is 1.40. The molecule has 36 heavy (non-hydrogen) atoms. The zero-order valence-electron chi connectivity index (χ0n) is 20.4. The lowest BCUT2D eigenvalue weighted by atomic mass is 9.88. The van der Waals surface area contributed by atoms with Gasteiger partial charge in [0.2, 0.25) is 5.91 Å². The van der Waals surface area contributed by atoms with Crippen LogP contribution < -0.4 is 20.7 Å². The summed E-state index contributed by atoms with van der Waals surface area (Å²) in [6.45, 7) is 4.06. The number of piperazine rings is 1. The van der Waals surface area contributed by atoms with Gasteiger partial charge in [-0.25, -0.2) is 9.97 Å². The fourth-order valence-corrected chi connectivity index (χ4v) is 6.33. The van der Waals surface area contributed by atoms with Gasteiger partial charge in [0.1, 0.15) is 17.1 Å². The second-order valence-corrected chi connectivity index (χ2v) is 10.8. The smallest absolute Gasteiger partial charge is 0.223 e. The number of anilines is 2. The molecule has 9 nitrogen and oxygen atoms in total. The average Bonchev–Trinajstić information content (AvgIpc) is 3.60. The van der Waals surface area contributed by atoms with E-state index in [4.69, 9.17) is 15.5 Å². The van der Waals surface area contributed by atoms with Crippen LogP contribution in [0.2, 0.25) is 0 Å². The third-order valence-electron chi connectivity index (χ3n) is 7.88. The van der Waals surface area contributed by atoms with E-state index in [0.29, 0.717) is 11.5 Å². The fraction of sp³-hybridized carbons (Fsp3) is 0.423. The Morgan fingerprint density at radius 3 is 2.75 bits per heavy atom. The number of aromatic nitrogens is 3. The standard InChI is InChI=1S/C26H30BrN7O2/c1-33-7-9-34(10-8-33)16-5-6-17(19(12-16)36-2)25-31-23-22(18(27)13-29-26(23)32-25)30-21-15-4-3-14(11-15)20(21)24(28)35/h3-6,12-15,20-21H,7-11H2,1-2H3,(H2,28,35)(H2,29,30,31,32)/t14-,15+,20+,21-/m1/s1. The Morgan fingerprint density at radius 2 is 2.00 bits per heavy atom. The molecule has 0 radical (unpaired) electrons. The Labute approximate surface area is 218 Å². The molecule has 10 heteroatoms. The maximum atomic E-state index is 12.2. The number of methoxy groups -OCH3 is 1. The summed E-state index contributed by atoms with van der Waals surface area (Å²) in [6.07, 6.45) is 7.01. The molecule has 6 rings (SSSR count). The largest absolute Gasteiger partial charge is 0.496 e. The molecule has 2 fully saturated rings. The second kappa shape index (κ2) is 9.08. The van der Waals surface area contributed by atoms with E-state index in [9.17, 15) is 4.79 Å². The van der Waals surface area contributed by atoms with E-state index in [-0.39, 0.29) is 29.7 Å². The predicted molar refractivity (Wildman–Crippen MR) is 144 cm³/mol. The third-order valence-corrected chi connectivity index (χ3v) is 8.48. The normalized spacial score (nSPS) is 25.6. The van der Waals surface area contributed by atoms with E-state index < -0.39 is 0 Å². The van der Waals surface area contributed by atoms with E-state index in [2.05, 4.69) is 78.4 Å². The van der Waals surface area contributed by atoms with E-state index >= 15 is 0 Å². The summed E-state index contributed by atoms with van der Waals surface area (Å²) >= 11 is 3.65. The molecule has 3 aliphatic rings. The van der Waals surface area contributed by atoms with Gasteiger partial charge in [-0.3, -0.25) is 4.79 Å². The van der Waals surface area contributed by atoms with Gasteiger partial charge in [0.15, 0.2) is 5.65 Å². The number of allylic oxidation sites excluding steroid dienone is 1. The first kappa shape index (κ1) is 23.3. The predicted octanol–water partition coefficient (Wildman–Crippen LogP) is 3.24. The van der Waals surface area contributed by atoms with Crippen molar-refractivity contribution in [2.45, 2.75) is 12.5 Å². The third kappa shape index (κ3) is 3.92. The average molecular weight is 552 g/mol. The molecule has 1 aromatic carbocycles. The lowest BCUT2D eigenvalue weighted by molar-refractivity contribution is -0.122. The minimum Gasteiger partial charge on any atom is -0.496 e. The molecule has 1 aliphatic heterocycles. The first-order valence-electron chi connectivity index (χ1n) is 12.3. The van der Waals surface area contributed by atoms with E-state index in [1.807, 2.05) is 0 Å². The molecule has 3 heterocycles. The molecule has 2 aliphatic carbocycles.